The molecule has 24 nitrogen and oxygen atoms in total. The molecule has 0 saturated heterocycles. The van der Waals surface area contributed by atoms with E-state index in [1.54, 1.807) is 19.1 Å². The van der Waals surface area contributed by atoms with Crippen LogP contribution in [0, 0.1) is 6.92 Å². The molecule has 0 aromatic heterocycles. The second kappa shape index (κ2) is 30.2. The number of fused-ring (bicyclic) bond motifs is 4. The van der Waals surface area contributed by atoms with Crippen LogP contribution in [0.15, 0.2) is 72.8 Å². The molecule has 77 heavy (non-hydrogen) atoms. The highest BCUT2D eigenvalue weighted by Crippen LogP contribution is 2.25. The average Bonchev–Trinajstić information content (AvgIpc) is 3.40. The molecule has 0 aliphatic carbocycles. The van der Waals surface area contributed by atoms with Crippen molar-refractivity contribution in [3.05, 3.63) is 117 Å². The fraction of sp³-hybridized carbons (Fsp3) is 0.373. The second-order valence-corrected chi connectivity index (χ2v) is 17.4. The number of carbonyl (C=O) groups excluding carboxylic acids is 8. The number of aromatic hydroxyl groups is 4. The van der Waals surface area contributed by atoms with Gasteiger partial charge in [0, 0.05) is 118 Å². The van der Waals surface area contributed by atoms with Crippen LogP contribution in [0.1, 0.15) is 78.1 Å². The Morgan fingerprint density at radius 3 is 1.36 bits per heavy atom. The first-order chi connectivity index (χ1) is 37.0. The second-order valence-electron chi connectivity index (χ2n) is 17.4. The summed E-state index contributed by atoms with van der Waals surface area (Å²) < 4.78 is 28.6. The Hall–Kier alpha value is -8.46. The lowest BCUT2D eigenvalue weighted by molar-refractivity contribution is -0.109. The van der Waals surface area contributed by atoms with Gasteiger partial charge in [0.2, 0.25) is 6.41 Å². The van der Waals surface area contributed by atoms with Crippen molar-refractivity contribution in [3.8, 4) is 23.0 Å². The summed E-state index contributed by atoms with van der Waals surface area (Å²) in [5.41, 5.74) is -0.800. The van der Waals surface area contributed by atoms with Gasteiger partial charge >= 0.3 is 0 Å². The minimum Gasteiger partial charge on any atom is -0.507 e. The maximum atomic E-state index is 14.6. The smallest absolute Gasteiger partial charge is 0.255 e. The Bertz CT molecular complexity index is 2650. The van der Waals surface area contributed by atoms with E-state index in [4.69, 9.17) is 0 Å². The Morgan fingerprint density at radius 1 is 0.545 bits per heavy atom. The number of amides is 8. The minimum atomic E-state index is -0.774. The molecule has 0 unspecified atom stereocenters. The molecule has 1 aliphatic heterocycles. The van der Waals surface area contributed by atoms with E-state index in [0.717, 1.165) is 0 Å². The highest BCUT2D eigenvalue weighted by Gasteiger charge is 2.23. The normalized spacial score (nSPS) is 14.6. The van der Waals surface area contributed by atoms with E-state index in [1.165, 1.54) is 60.7 Å². The first kappa shape index (κ1) is 59.4. The van der Waals surface area contributed by atoms with Gasteiger partial charge in [-0.1, -0.05) is 30.3 Å². The first-order valence-corrected chi connectivity index (χ1v) is 24.7. The fourth-order valence-electron chi connectivity index (χ4n) is 7.84. The SMILES string of the molecule is Cc1cccc(C(=O)NCCN(CCNC(=O)c2cccc(C(=O)NCCN(F)CCNC=O)c2O)CCN2CCNC(=O)c3cccc(c3O)C(=O)NCCN(F)CCNC(=O)c3cccc(c3O)C(=O)NCC2)c1O. The summed E-state index contributed by atoms with van der Waals surface area (Å²) >= 11 is 0. The zero-order chi connectivity index (χ0) is 55.9. The summed E-state index contributed by atoms with van der Waals surface area (Å²) in [6.45, 7) is 1.31. The molecule has 4 aromatic carbocycles. The number of halogens is 2. The molecule has 12 N–H and O–H groups in total. The topological polar surface area (TPSA) is 327 Å². The Balaban J connectivity index is 1.31. The number of benzene rings is 4. The van der Waals surface area contributed by atoms with Crippen LogP contribution in [0.4, 0.5) is 8.96 Å². The van der Waals surface area contributed by atoms with Gasteiger partial charge in [0.1, 0.15) is 23.0 Å². The number of phenolic OH excluding ortho intramolecular Hbond substituents is 4. The standard InChI is InChI=1S/C51H64F2N12O12/c1-33-6-2-7-34(41(33)67)45(71)55-15-22-62(23-16-56-46(72)35-8-3-11-38(42(35)68)49(75)59-19-27-64(52)26-14-54-32-66)30-31-63-24-17-57-47(73)36-9-4-12-39(43(36)69)50(76)60-20-28-65(53)29-21-61-51(77)40-13-5-10-37(44(40)70)48(74)58-18-25-63/h2-13,32,67-70H,14-31H2,1H3,(H,54,66)(H,55,71)(H,56,72)(H,57,73)(H,58,74)(H,59,75)(H,60,76)(H,61,77). The molecule has 1 aliphatic rings. The van der Waals surface area contributed by atoms with E-state index < -0.39 is 58.6 Å². The largest absolute Gasteiger partial charge is 0.507 e. The third-order valence-electron chi connectivity index (χ3n) is 12.1. The highest BCUT2D eigenvalue weighted by atomic mass is 19.2. The van der Waals surface area contributed by atoms with Crippen molar-refractivity contribution in [2.75, 3.05) is 118 Å². The lowest BCUT2D eigenvalue weighted by Crippen LogP contribution is -2.45. The Labute approximate surface area is 442 Å². The van der Waals surface area contributed by atoms with E-state index in [1.807, 2.05) is 9.80 Å². The molecule has 0 fully saturated rings. The summed E-state index contributed by atoms with van der Waals surface area (Å²) in [6.07, 6.45) is 0.428. The summed E-state index contributed by atoms with van der Waals surface area (Å²) in [5, 5.41) is 64.9. The van der Waals surface area contributed by atoms with Crippen LogP contribution in [-0.2, 0) is 4.79 Å². The lowest BCUT2D eigenvalue weighted by Gasteiger charge is -2.28. The number of rotatable bonds is 19. The fourth-order valence-corrected chi connectivity index (χ4v) is 7.84. The number of carbonyl (C=O) groups is 8. The van der Waals surface area contributed by atoms with Crippen LogP contribution < -0.4 is 42.5 Å². The lowest BCUT2D eigenvalue weighted by atomic mass is 10.1. The van der Waals surface area contributed by atoms with Crippen molar-refractivity contribution >= 4 is 47.8 Å². The number of nitrogens with zero attached hydrogens (tertiary/aromatic N) is 4. The molecule has 4 bridgehead atoms. The van der Waals surface area contributed by atoms with E-state index in [-0.39, 0.29) is 162 Å². The minimum absolute atomic E-state index is 0.0197. The van der Waals surface area contributed by atoms with E-state index >= 15 is 0 Å². The van der Waals surface area contributed by atoms with Gasteiger partial charge in [-0.2, -0.15) is 0 Å². The third-order valence-corrected chi connectivity index (χ3v) is 12.1. The quantitative estimate of drug-likeness (QED) is 0.0328. The summed E-state index contributed by atoms with van der Waals surface area (Å²) in [4.78, 5) is 107. The molecule has 0 spiro atoms. The Morgan fingerprint density at radius 2 is 0.922 bits per heavy atom. The van der Waals surface area contributed by atoms with E-state index in [2.05, 4.69) is 42.5 Å². The van der Waals surface area contributed by atoms with Crippen LogP contribution >= 0.6 is 0 Å². The molecule has 26 heteroatoms. The van der Waals surface area contributed by atoms with Crippen LogP contribution in [0.2, 0.25) is 0 Å². The van der Waals surface area contributed by atoms with Gasteiger partial charge in [0.15, 0.2) is 0 Å². The van der Waals surface area contributed by atoms with E-state index in [0.29, 0.717) is 22.2 Å². The van der Waals surface area contributed by atoms with Crippen molar-refractivity contribution in [1.82, 2.24) is 62.6 Å². The van der Waals surface area contributed by atoms with Crippen LogP contribution in [0.25, 0.3) is 0 Å². The van der Waals surface area contributed by atoms with Gasteiger partial charge in [0.25, 0.3) is 41.4 Å². The number of hydrogen-bond donors (Lipinski definition) is 12. The van der Waals surface area contributed by atoms with Gasteiger partial charge in [-0.25, -0.2) is 0 Å². The number of nitrogens with one attached hydrogen (secondary N) is 8. The Kier molecular flexibility index (Phi) is 23.3. The predicted molar refractivity (Wildman–Crippen MR) is 276 cm³/mol. The summed E-state index contributed by atoms with van der Waals surface area (Å²) in [5.74, 6) is -7.05. The summed E-state index contributed by atoms with van der Waals surface area (Å²) in [7, 11) is 0. The molecule has 8 amide bonds. The average molecular weight is 1080 g/mol. The van der Waals surface area contributed by atoms with Crippen LogP contribution in [0.5, 0.6) is 23.0 Å². The first-order valence-electron chi connectivity index (χ1n) is 24.7. The van der Waals surface area contributed by atoms with Crippen LogP contribution in [0.3, 0.4) is 0 Å². The van der Waals surface area contributed by atoms with Gasteiger partial charge in [0.05, 0.1) is 38.9 Å². The van der Waals surface area contributed by atoms with Crippen molar-refractivity contribution in [1.29, 1.82) is 0 Å². The third kappa shape index (κ3) is 17.8. The van der Waals surface area contributed by atoms with Gasteiger partial charge < -0.3 is 63.0 Å². The molecular formula is C51H64F2N12O12. The molecule has 0 radical (unpaired) electrons. The van der Waals surface area contributed by atoms with Crippen molar-refractivity contribution in [2.45, 2.75) is 6.92 Å². The molecule has 0 atom stereocenters. The maximum absolute atomic E-state index is 14.6. The number of phenols is 4. The number of hydrogen-bond acceptors (Lipinski definition) is 16. The van der Waals surface area contributed by atoms with E-state index in [9.17, 15) is 67.7 Å². The highest BCUT2D eigenvalue weighted by molar-refractivity contribution is 6.05. The predicted octanol–water partition coefficient (Wildman–Crippen LogP) is -0.237. The van der Waals surface area contributed by atoms with Crippen molar-refractivity contribution < 1.29 is 67.7 Å². The number of para-hydroxylation sites is 4. The molecule has 5 rings (SSSR count). The zero-order valence-corrected chi connectivity index (χ0v) is 42.3. The number of aryl methyl sites for hydroxylation is 1. The molecule has 0 saturated carbocycles. The van der Waals surface area contributed by atoms with Gasteiger partial charge in [-0.3, -0.25) is 48.2 Å². The molecular weight excluding hydrogens is 1010 g/mol. The molecule has 4 aromatic rings. The summed E-state index contributed by atoms with van der Waals surface area (Å²) in [6, 6.07) is 16.7. The van der Waals surface area contributed by atoms with Crippen molar-refractivity contribution in [2.24, 2.45) is 0 Å². The molecule has 1 heterocycles. The van der Waals surface area contributed by atoms with Crippen LogP contribution in [-0.4, -0.2) is 206 Å². The zero-order valence-electron chi connectivity index (χ0n) is 42.3. The molecule has 414 valence electrons. The maximum Gasteiger partial charge on any atom is 0.255 e. The van der Waals surface area contributed by atoms with Gasteiger partial charge in [-0.05, 0) is 55.0 Å². The monoisotopic (exact) mass is 1070 g/mol. The van der Waals surface area contributed by atoms with Gasteiger partial charge in [-0.15, -0.1) is 19.2 Å². The van der Waals surface area contributed by atoms with Crippen molar-refractivity contribution in [3.63, 3.8) is 0 Å².